The number of hydrogen-bond acceptors (Lipinski definition) is 4. The number of hydrogen-bond donors (Lipinski definition) is 1. The highest BCUT2D eigenvalue weighted by Crippen LogP contribution is 2.30. The highest BCUT2D eigenvalue weighted by Gasteiger charge is 2.19. The van der Waals surface area contributed by atoms with E-state index in [1.165, 1.54) is 0 Å². The summed E-state index contributed by atoms with van der Waals surface area (Å²) in [5, 5.41) is 0. The lowest BCUT2D eigenvalue weighted by Crippen LogP contribution is -2.10. The Labute approximate surface area is 126 Å². The minimum atomic E-state index is 0.493. The van der Waals surface area contributed by atoms with Crippen LogP contribution in [0.5, 0.6) is 0 Å². The molecule has 1 atom stereocenters. The van der Waals surface area contributed by atoms with Gasteiger partial charge in [0.1, 0.15) is 11.6 Å². The molecule has 0 spiro atoms. The second-order valence-electron chi connectivity index (χ2n) is 4.99. The van der Waals surface area contributed by atoms with Crippen molar-refractivity contribution >= 4 is 21.7 Å². The highest BCUT2D eigenvalue weighted by molar-refractivity contribution is 9.10. The van der Waals surface area contributed by atoms with E-state index in [4.69, 9.17) is 10.5 Å². The summed E-state index contributed by atoms with van der Waals surface area (Å²) in [6.07, 6.45) is 1.89. The van der Waals surface area contributed by atoms with Crippen LogP contribution in [0.1, 0.15) is 12.2 Å². The molecule has 0 saturated carbocycles. The fraction of sp³-hybridized carbons (Fsp3) is 0.333. The fourth-order valence-electron chi connectivity index (χ4n) is 2.39. The average molecular weight is 334 g/mol. The summed E-state index contributed by atoms with van der Waals surface area (Å²) in [4.78, 5) is 9.06. The molecular weight excluding hydrogens is 318 g/mol. The predicted molar refractivity (Wildman–Crippen MR) is 82.2 cm³/mol. The van der Waals surface area contributed by atoms with Crippen LogP contribution in [-0.4, -0.2) is 23.2 Å². The predicted octanol–water partition coefficient (Wildman–Crippen LogP) is 3.07. The van der Waals surface area contributed by atoms with Gasteiger partial charge in [0.25, 0.3) is 0 Å². The normalized spacial score (nSPS) is 18.4. The van der Waals surface area contributed by atoms with Crippen LogP contribution >= 0.6 is 15.9 Å². The summed E-state index contributed by atoms with van der Waals surface area (Å²) in [7, 11) is 0. The maximum absolute atomic E-state index is 6.00. The molecule has 20 heavy (non-hydrogen) atoms. The van der Waals surface area contributed by atoms with Crippen molar-refractivity contribution in [3.8, 4) is 11.3 Å². The van der Waals surface area contributed by atoms with Crippen molar-refractivity contribution in [2.75, 3.05) is 18.9 Å². The van der Waals surface area contributed by atoms with E-state index in [-0.39, 0.29) is 0 Å². The lowest BCUT2D eigenvalue weighted by atomic mass is 10.0. The summed E-state index contributed by atoms with van der Waals surface area (Å²) in [5.74, 6) is 1.78. The van der Waals surface area contributed by atoms with Gasteiger partial charge in [-0.1, -0.05) is 30.3 Å². The molecule has 104 valence electrons. The molecule has 0 bridgehead atoms. The summed E-state index contributed by atoms with van der Waals surface area (Å²) in [6.45, 7) is 1.63. The molecule has 5 heteroatoms. The number of nitrogens with two attached hydrogens (primary N) is 1. The number of anilines is 1. The molecule has 1 unspecified atom stereocenters. The van der Waals surface area contributed by atoms with Gasteiger partial charge in [-0.25, -0.2) is 9.97 Å². The number of halogens is 1. The Balaban J connectivity index is 1.95. The molecule has 1 aromatic heterocycles. The lowest BCUT2D eigenvalue weighted by Gasteiger charge is -2.11. The molecular formula is C15H16BrN3O. The number of nitrogen functional groups attached to an aromatic ring is 1. The monoisotopic (exact) mass is 333 g/mol. The first-order chi connectivity index (χ1) is 9.74. The van der Waals surface area contributed by atoms with Crippen LogP contribution in [0.2, 0.25) is 0 Å². The highest BCUT2D eigenvalue weighted by atomic mass is 79.9. The van der Waals surface area contributed by atoms with Gasteiger partial charge in [0.05, 0.1) is 10.2 Å². The quantitative estimate of drug-likeness (QED) is 0.937. The smallest absolute Gasteiger partial charge is 0.142 e. The minimum Gasteiger partial charge on any atom is -0.383 e. The lowest BCUT2D eigenvalue weighted by molar-refractivity contribution is 0.185. The third-order valence-corrected chi connectivity index (χ3v) is 4.25. The van der Waals surface area contributed by atoms with Crippen molar-refractivity contribution in [3.05, 3.63) is 40.6 Å². The van der Waals surface area contributed by atoms with Crippen molar-refractivity contribution in [3.63, 3.8) is 0 Å². The third kappa shape index (κ3) is 2.83. The van der Waals surface area contributed by atoms with Crippen LogP contribution in [0.15, 0.2) is 34.8 Å². The Hall–Kier alpha value is -1.46. The van der Waals surface area contributed by atoms with Crippen LogP contribution in [0, 0.1) is 5.92 Å². The molecule has 1 saturated heterocycles. The van der Waals surface area contributed by atoms with Gasteiger partial charge in [-0.2, -0.15) is 0 Å². The Kier molecular flexibility index (Phi) is 3.98. The second kappa shape index (κ2) is 5.89. The number of rotatable bonds is 3. The van der Waals surface area contributed by atoms with Crippen LogP contribution in [0.3, 0.4) is 0 Å². The fourth-order valence-corrected chi connectivity index (χ4v) is 2.80. The van der Waals surface area contributed by atoms with Crippen molar-refractivity contribution in [2.45, 2.75) is 12.8 Å². The van der Waals surface area contributed by atoms with Crippen LogP contribution < -0.4 is 5.73 Å². The molecule has 2 heterocycles. The first-order valence-corrected chi connectivity index (χ1v) is 7.48. The molecule has 2 N–H and O–H groups in total. The van der Waals surface area contributed by atoms with E-state index in [9.17, 15) is 0 Å². The van der Waals surface area contributed by atoms with Gasteiger partial charge in [0, 0.05) is 25.2 Å². The number of aromatic nitrogens is 2. The summed E-state index contributed by atoms with van der Waals surface area (Å²) < 4.78 is 6.16. The van der Waals surface area contributed by atoms with Crippen molar-refractivity contribution in [1.29, 1.82) is 0 Å². The van der Waals surface area contributed by atoms with E-state index < -0.39 is 0 Å². The SMILES string of the molecule is Nc1nc(CC2CCOC2)nc(-c2ccccc2)c1Br. The number of ether oxygens (including phenoxy) is 1. The number of nitrogens with zero attached hydrogens (tertiary/aromatic N) is 2. The summed E-state index contributed by atoms with van der Waals surface area (Å²) in [6, 6.07) is 10.0. The van der Waals surface area contributed by atoms with Crippen molar-refractivity contribution in [1.82, 2.24) is 9.97 Å². The van der Waals surface area contributed by atoms with E-state index in [1.807, 2.05) is 30.3 Å². The first kappa shape index (κ1) is 13.5. The molecule has 3 rings (SSSR count). The van der Waals surface area contributed by atoms with Crippen LogP contribution in [0.4, 0.5) is 5.82 Å². The van der Waals surface area contributed by atoms with Gasteiger partial charge >= 0.3 is 0 Å². The first-order valence-electron chi connectivity index (χ1n) is 6.69. The largest absolute Gasteiger partial charge is 0.383 e. The number of benzene rings is 1. The minimum absolute atomic E-state index is 0.493. The van der Waals surface area contributed by atoms with Gasteiger partial charge in [-0.15, -0.1) is 0 Å². The van der Waals surface area contributed by atoms with E-state index in [1.54, 1.807) is 0 Å². The molecule has 1 fully saturated rings. The molecule has 0 aliphatic carbocycles. The molecule has 2 aromatic rings. The van der Waals surface area contributed by atoms with Crippen LogP contribution in [0.25, 0.3) is 11.3 Å². The van der Waals surface area contributed by atoms with E-state index in [2.05, 4.69) is 25.9 Å². The Morgan fingerprint density at radius 2 is 2.05 bits per heavy atom. The average Bonchev–Trinajstić information content (AvgIpc) is 2.96. The molecule has 0 amide bonds. The van der Waals surface area contributed by atoms with E-state index >= 15 is 0 Å². The molecule has 1 aromatic carbocycles. The van der Waals surface area contributed by atoms with Gasteiger partial charge in [0.15, 0.2) is 0 Å². The van der Waals surface area contributed by atoms with Crippen molar-refractivity contribution < 1.29 is 4.74 Å². The van der Waals surface area contributed by atoms with Gasteiger partial charge in [-0.3, -0.25) is 0 Å². The van der Waals surface area contributed by atoms with E-state index in [0.29, 0.717) is 11.7 Å². The Morgan fingerprint density at radius 1 is 1.25 bits per heavy atom. The molecule has 1 aliphatic heterocycles. The second-order valence-corrected chi connectivity index (χ2v) is 5.78. The maximum atomic E-state index is 6.00. The van der Waals surface area contributed by atoms with Gasteiger partial charge in [0.2, 0.25) is 0 Å². The maximum Gasteiger partial charge on any atom is 0.142 e. The van der Waals surface area contributed by atoms with E-state index in [0.717, 1.165) is 47.6 Å². The van der Waals surface area contributed by atoms with Gasteiger partial charge in [-0.05, 0) is 28.3 Å². The zero-order valence-corrected chi connectivity index (χ0v) is 12.6. The van der Waals surface area contributed by atoms with Crippen molar-refractivity contribution in [2.24, 2.45) is 5.92 Å². The van der Waals surface area contributed by atoms with Gasteiger partial charge < -0.3 is 10.5 Å². The Bertz CT molecular complexity index is 598. The molecule has 4 nitrogen and oxygen atoms in total. The zero-order valence-electron chi connectivity index (χ0n) is 11.1. The Morgan fingerprint density at radius 3 is 2.75 bits per heavy atom. The topological polar surface area (TPSA) is 61.0 Å². The zero-order chi connectivity index (χ0) is 13.9. The van der Waals surface area contributed by atoms with Crippen LogP contribution in [-0.2, 0) is 11.2 Å². The standard InChI is InChI=1S/C15H16BrN3O/c16-13-14(11-4-2-1-3-5-11)18-12(19-15(13)17)8-10-6-7-20-9-10/h1-5,10H,6-9H2,(H2,17,18,19). The molecule has 1 aliphatic rings. The summed E-state index contributed by atoms with van der Waals surface area (Å²) in [5.41, 5.74) is 7.90. The summed E-state index contributed by atoms with van der Waals surface area (Å²) >= 11 is 3.49. The molecule has 0 radical (unpaired) electrons. The third-order valence-electron chi connectivity index (χ3n) is 3.47.